The summed E-state index contributed by atoms with van der Waals surface area (Å²) >= 11 is 0. The van der Waals surface area contributed by atoms with Crippen LogP contribution in [0.1, 0.15) is 31.4 Å². The molecule has 1 heteroatoms. The Morgan fingerprint density at radius 2 is 1.83 bits per heavy atom. The highest BCUT2D eigenvalue weighted by Crippen LogP contribution is 2.28. The van der Waals surface area contributed by atoms with Crippen LogP contribution >= 0.6 is 0 Å². The van der Waals surface area contributed by atoms with Gasteiger partial charge in [0.05, 0.1) is 6.04 Å². The number of aryl methyl sites for hydroxylation is 2. The average molecular weight is 241 g/mol. The van der Waals surface area contributed by atoms with E-state index >= 15 is 0 Å². The second kappa shape index (κ2) is 5.01. The molecule has 0 bridgehead atoms. The van der Waals surface area contributed by atoms with Crippen LogP contribution in [0.3, 0.4) is 0 Å². The van der Waals surface area contributed by atoms with E-state index in [0.29, 0.717) is 6.04 Å². The van der Waals surface area contributed by atoms with Gasteiger partial charge in [0, 0.05) is 12.7 Å². The molecule has 1 nitrogen and oxygen atoms in total. The minimum Gasteiger partial charge on any atom is -0.367 e. The van der Waals surface area contributed by atoms with Gasteiger partial charge in [-0.3, -0.25) is 0 Å². The summed E-state index contributed by atoms with van der Waals surface area (Å²) in [4.78, 5) is 2.41. The van der Waals surface area contributed by atoms with Crippen LogP contribution in [0.25, 0.3) is 0 Å². The lowest BCUT2D eigenvalue weighted by Gasteiger charge is -2.33. The van der Waals surface area contributed by atoms with Crippen molar-refractivity contribution in [2.75, 3.05) is 11.9 Å². The summed E-state index contributed by atoms with van der Waals surface area (Å²) in [6.07, 6.45) is 5.74. The van der Waals surface area contributed by atoms with Crippen molar-refractivity contribution >= 4 is 5.69 Å². The number of hydrogen-bond donors (Lipinski definition) is 0. The number of likely N-dealkylation sites (N-methyl/N-ethyl adjacent to an activating group) is 1. The van der Waals surface area contributed by atoms with E-state index in [1.54, 1.807) is 0 Å². The quantitative estimate of drug-likeness (QED) is 0.741. The zero-order valence-electron chi connectivity index (χ0n) is 12.1. The fraction of sp³-hybridized carbons (Fsp3) is 0.412. The predicted octanol–water partition coefficient (Wildman–Crippen LogP) is 4.40. The third-order valence-electron chi connectivity index (χ3n) is 3.84. The number of benzene rings is 1. The number of rotatable bonds is 2. The van der Waals surface area contributed by atoms with E-state index in [0.717, 1.165) is 6.42 Å². The molecule has 0 N–H and O–H groups in total. The maximum Gasteiger partial charge on any atom is 0.0534 e. The van der Waals surface area contributed by atoms with Gasteiger partial charge < -0.3 is 4.90 Å². The molecule has 1 unspecified atom stereocenters. The normalized spacial score (nSPS) is 19.3. The van der Waals surface area contributed by atoms with Crippen molar-refractivity contribution < 1.29 is 0 Å². The van der Waals surface area contributed by atoms with Crippen LogP contribution in [0, 0.1) is 13.8 Å². The predicted molar refractivity (Wildman–Crippen MR) is 80.2 cm³/mol. The summed E-state index contributed by atoms with van der Waals surface area (Å²) in [5, 5.41) is 0. The molecule has 0 spiro atoms. The second-order valence-electron chi connectivity index (χ2n) is 5.49. The molecule has 0 amide bonds. The van der Waals surface area contributed by atoms with Crippen LogP contribution < -0.4 is 4.90 Å². The Morgan fingerprint density at radius 1 is 1.11 bits per heavy atom. The maximum atomic E-state index is 2.41. The van der Waals surface area contributed by atoms with Crippen molar-refractivity contribution in [1.29, 1.82) is 0 Å². The lowest BCUT2D eigenvalue weighted by Crippen LogP contribution is -2.33. The van der Waals surface area contributed by atoms with Gasteiger partial charge in [-0.1, -0.05) is 41.0 Å². The van der Waals surface area contributed by atoms with E-state index in [-0.39, 0.29) is 0 Å². The number of anilines is 1. The van der Waals surface area contributed by atoms with Crippen molar-refractivity contribution in [1.82, 2.24) is 0 Å². The van der Waals surface area contributed by atoms with Crippen LogP contribution in [-0.2, 0) is 0 Å². The zero-order valence-corrected chi connectivity index (χ0v) is 12.1. The standard InChI is InChI=1S/C17H23N/c1-12-6-8-16(14(3)10-12)18(5)17-9-7-13(2)11-15(17)4/h6-8,10-11,17H,9H2,1-5H3. The summed E-state index contributed by atoms with van der Waals surface area (Å²) in [5.74, 6) is 0. The maximum absolute atomic E-state index is 2.41. The van der Waals surface area contributed by atoms with E-state index in [2.05, 4.69) is 70.0 Å². The number of nitrogens with zero attached hydrogens (tertiary/aromatic N) is 1. The molecule has 0 saturated heterocycles. The van der Waals surface area contributed by atoms with Crippen molar-refractivity contribution in [2.24, 2.45) is 0 Å². The molecule has 0 aliphatic heterocycles. The first-order chi connectivity index (χ1) is 8.49. The van der Waals surface area contributed by atoms with Crippen LogP contribution in [0.15, 0.2) is 41.5 Å². The minimum atomic E-state index is 0.495. The van der Waals surface area contributed by atoms with E-state index in [1.165, 1.54) is 28.0 Å². The molecule has 1 aliphatic rings. The van der Waals surface area contributed by atoms with Crippen molar-refractivity contribution in [3.63, 3.8) is 0 Å². The van der Waals surface area contributed by atoms with Crippen LogP contribution in [0.2, 0.25) is 0 Å². The van der Waals surface area contributed by atoms with Crippen molar-refractivity contribution in [2.45, 2.75) is 40.2 Å². The summed E-state index contributed by atoms with van der Waals surface area (Å²) in [7, 11) is 2.20. The first-order valence-electron chi connectivity index (χ1n) is 6.64. The molecule has 0 saturated carbocycles. The average Bonchev–Trinajstić information content (AvgIpc) is 2.28. The highest BCUT2D eigenvalue weighted by atomic mass is 15.1. The second-order valence-corrected chi connectivity index (χ2v) is 5.49. The van der Waals surface area contributed by atoms with Gasteiger partial charge in [0.1, 0.15) is 0 Å². The smallest absolute Gasteiger partial charge is 0.0534 e. The molecule has 18 heavy (non-hydrogen) atoms. The molecule has 96 valence electrons. The first-order valence-corrected chi connectivity index (χ1v) is 6.64. The summed E-state index contributed by atoms with van der Waals surface area (Å²) < 4.78 is 0. The van der Waals surface area contributed by atoms with E-state index in [4.69, 9.17) is 0 Å². The first kappa shape index (κ1) is 12.9. The molecule has 0 radical (unpaired) electrons. The van der Waals surface area contributed by atoms with Crippen LogP contribution in [0.5, 0.6) is 0 Å². The molecule has 1 atom stereocenters. The molecule has 1 aromatic rings. The summed E-state index contributed by atoms with van der Waals surface area (Å²) in [6, 6.07) is 7.19. The topological polar surface area (TPSA) is 3.24 Å². The lowest BCUT2D eigenvalue weighted by molar-refractivity contribution is 0.707. The van der Waals surface area contributed by atoms with E-state index < -0.39 is 0 Å². The van der Waals surface area contributed by atoms with Gasteiger partial charge in [0.15, 0.2) is 0 Å². The number of hydrogen-bond acceptors (Lipinski definition) is 1. The molecule has 1 aliphatic carbocycles. The van der Waals surface area contributed by atoms with Gasteiger partial charge in [-0.2, -0.15) is 0 Å². The molecular weight excluding hydrogens is 218 g/mol. The largest absolute Gasteiger partial charge is 0.367 e. The van der Waals surface area contributed by atoms with Crippen molar-refractivity contribution in [3.8, 4) is 0 Å². The molecular formula is C17H23N. The SMILES string of the molecule is CC1=CCC(N(C)c2ccc(C)cc2C)C(C)=C1. The van der Waals surface area contributed by atoms with Gasteiger partial charge in [-0.25, -0.2) is 0 Å². The van der Waals surface area contributed by atoms with E-state index in [9.17, 15) is 0 Å². The Bertz CT molecular complexity index is 508. The molecule has 2 rings (SSSR count). The summed E-state index contributed by atoms with van der Waals surface area (Å²) in [6.45, 7) is 8.76. The Hall–Kier alpha value is -1.50. The lowest BCUT2D eigenvalue weighted by atomic mass is 9.94. The van der Waals surface area contributed by atoms with Crippen LogP contribution in [0.4, 0.5) is 5.69 Å². The Kier molecular flexibility index (Phi) is 3.60. The highest BCUT2D eigenvalue weighted by molar-refractivity contribution is 5.56. The Morgan fingerprint density at radius 3 is 2.44 bits per heavy atom. The highest BCUT2D eigenvalue weighted by Gasteiger charge is 2.19. The van der Waals surface area contributed by atoms with Gasteiger partial charge in [-0.05, 0) is 45.7 Å². The Balaban J connectivity index is 2.27. The van der Waals surface area contributed by atoms with Gasteiger partial charge in [0.2, 0.25) is 0 Å². The van der Waals surface area contributed by atoms with Gasteiger partial charge in [-0.15, -0.1) is 0 Å². The van der Waals surface area contributed by atoms with Gasteiger partial charge in [0.25, 0.3) is 0 Å². The third kappa shape index (κ3) is 2.50. The molecule has 0 fully saturated rings. The fourth-order valence-corrected chi connectivity index (χ4v) is 2.83. The molecule has 0 aromatic heterocycles. The fourth-order valence-electron chi connectivity index (χ4n) is 2.83. The minimum absolute atomic E-state index is 0.495. The van der Waals surface area contributed by atoms with E-state index in [1.807, 2.05) is 0 Å². The summed E-state index contributed by atoms with van der Waals surface area (Å²) in [5.41, 5.74) is 6.87. The Labute approximate surface area is 111 Å². The third-order valence-corrected chi connectivity index (χ3v) is 3.84. The molecule has 0 heterocycles. The van der Waals surface area contributed by atoms with Crippen molar-refractivity contribution in [3.05, 3.63) is 52.6 Å². The van der Waals surface area contributed by atoms with Crippen LogP contribution in [-0.4, -0.2) is 13.1 Å². The number of allylic oxidation sites excluding steroid dienone is 2. The van der Waals surface area contributed by atoms with Gasteiger partial charge >= 0.3 is 0 Å². The monoisotopic (exact) mass is 241 g/mol. The molecule has 1 aromatic carbocycles. The zero-order chi connectivity index (χ0) is 13.3.